The molecule has 0 spiro atoms. The zero-order chi connectivity index (χ0) is 11.8. The molecule has 17 heavy (non-hydrogen) atoms. The molecule has 86 valence electrons. The van der Waals surface area contributed by atoms with E-state index in [-0.39, 0.29) is 18.0 Å². The third kappa shape index (κ3) is 1.85. The standard InChI is InChI=1S/C12H12N4O/c13-8-6-10(8)16-12(17)7-2-1-3-9-11(7)15-5-4-14-9/h1-5,8,10H,6,13H2,(H,16,17). The predicted octanol–water partition coefficient (Wildman–Crippen LogP) is 0.459. The van der Waals surface area contributed by atoms with Crippen LogP contribution in [0.4, 0.5) is 0 Å². The molecule has 5 nitrogen and oxygen atoms in total. The van der Waals surface area contributed by atoms with Crippen molar-refractivity contribution in [3.05, 3.63) is 36.2 Å². The Morgan fingerprint density at radius 1 is 1.35 bits per heavy atom. The number of hydrogen-bond acceptors (Lipinski definition) is 4. The van der Waals surface area contributed by atoms with E-state index in [0.717, 1.165) is 11.9 Å². The first kappa shape index (κ1) is 10.2. The summed E-state index contributed by atoms with van der Waals surface area (Å²) in [6, 6.07) is 5.59. The molecule has 1 amide bonds. The second-order valence-electron chi connectivity index (χ2n) is 4.21. The van der Waals surface area contributed by atoms with Gasteiger partial charge in [0.1, 0.15) is 5.52 Å². The number of benzene rings is 1. The Balaban J connectivity index is 1.96. The lowest BCUT2D eigenvalue weighted by Gasteiger charge is -2.05. The second kappa shape index (κ2) is 3.78. The lowest BCUT2D eigenvalue weighted by atomic mass is 10.1. The van der Waals surface area contributed by atoms with E-state index < -0.39 is 0 Å². The Labute approximate surface area is 98.1 Å². The lowest BCUT2D eigenvalue weighted by molar-refractivity contribution is 0.0952. The van der Waals surface area contributed by atoms with Crippen LogP contribution in [0.1, 0.15) is 16.8 Å². The van der Waals surface area contributed by atoms with Crippen LogP contribution in [0.15, 0.2) is 30.6 Å². The van der Waals surface area contributed by atoms with Gasteiger partial charge >= 0.3 is 0 Å². The molecule has 3 rings (SSSR count). The number of amides is 1. The molecule has 0 aliphatic heterocycles. The van der Waals surface area contributed by atoms with Gasteiger partial charge < -0.3 is 11.1 Å². The summed E-state index contributed by atoms with van der Waals surface area (Å²) in [5.74, 6) is -0.131. The van der Waals surface area contributed by atoms with E-state index in [9.17, 15) is 4.79 Å². The molecule has 0 bridgehead atoms. The van der Waals surface area contributed by atoms with Crippen molar-refractivity contribution in [2.75, 3.05) is 0 Å². The first-order valence-electron chi connectivity index (χ1n) is 5.52. The molecule has 1 heterocycles. The van der Waals surface area contributed by atoms with E-state index >= 15 is 0 Å². The zero-order valence-corrected chi connectivity index (χ0v) is 9.13. The van der Waals surface area contributed by atoms with Crippen molar-refractivity contribution < 1.29 is 4.79 Å². The highest BCUT2D eigenvalue weighted by Crippen LogP contribution is 2.20. The summed E-state index contributed by atoms with van der Waals surface area (Å²) < 4.78 is 0. The van der Waals surface area contributed by atoms with Crippen LogP contribution >= 0.6 is 0 Å². The molecule has 1 aromatic carbocycles. The molecule has 1 aromatic heterocycles. The first-order chi connectivity index (χ1) is 8.25. The van der Waals surface area contributed by atoms with Crippen molar-refractivity contribution in [1.82, 2.24) is 15.3 Å². The topological polar surface area (TPSA) is 80.9 Å². The van der Waals surface area contributed by atoms with E-state index in [4.69, 9.17) is 5.73 Å². The van der Waals surface area contributed by atoms with Crippen molar-refractivity contribution in [3.63, 3.8) is 0 Å². The van der Waals surface area contributed by atoms with Gasteiger partial charge in [0.25, 0.3) is 5.91 Å². The molecule has 1 fully saturated rings. The van der Waals surface area contributed by atoms with Crippen molar-refractivity contribution in [2.24, 2.45) is 5.73 Å². The van der Waals surface area contributed by atoms with Crippen LogP contribution in [-0.4, -0.2) is 28.0 Å². The molecule has 0 radical (unpaired) electrons. The molecular formula is C12H12N4O. The van der Waals surface area contributed by atoms with Gasteiger partial charge in [-0.05, 0) is 18.6 Å². The van der Waals surface area contributed by atoms with Crippen molar-refractivity contribution in [3.8, 4) is 0 Å². The summed E-state index contributed by atoms with van der Waals surface area (Å²) in [7, 11) is 0. The molecule has 2 atom stereocenters. The Morgan fingerprint density at radius 2 is 2.12 bits per heavy atom. The highest BCUT2D eigenvalue weighted by molar-refractivity contribution is 6.04. The largest absolute Gasteiger partial charge is 0.348 e. The van der Waals surface area contributed by atoms with E-state index in [1.807, 2.05) is 6.07 Å². The molecule has 1 saturated carbocycles. The van der Waals surface area contributed by atoms with Crippen molar-refractivity contribution in [1.29, 1.82) is 0 Å². The van der Waals surface area contributed by atoms with Crippen LogP contribution in [0.25, 0.3) is 11.0 Å². The van der Waals surface area contributed by atoms with Crippen LogP contribution in [0.3, 0.4) is 0 Å². The number of hydrogen-bond donors (Lipinski definition) is 2. The maximum absolute atomic E-state index is 12.0. The smallest absolute Gasteiger partial charge is 0.253 e. The summed E-state index contributed by atoms with van der Waals surface area (Å²) in [6.07, 6.45) is 4.05. The van der Waals surface area contributed by atoms with Gasteiger partial charge in [-0.1, -0.05) is 6.07 Å². The molecule has 2 aromatic rings. The number of aromatic nitrogens is 2. The van der Waals surface area contributed by atoms with Crippen LogP contribution in [0.5, 0.6) is 0 Å². The SMILES string of the molecule is NC1CC1NC(=O)c1cccc2nccnc12. The summed E-state index contributed by atoms with van der Waals surface area (Å²) in [4.78, 5) is 20.4. The van der Waals surface area contributed by atoms with Gasteiger partial charge in [-0.15, -0.1) is 0 Å². The van der Waals surface area contributed by atoms with Crippen LogP contribution in [-0.2, 0) is 0 Å². The minimum absolute atomic E-state index is 0.0972. The Hall–Kier alpha value is -2.01. The molecule has 0 saturated heterocycles. The summed E-state index contributed by atoms with van der Waals surface area (Å²) >= 11 is 0. The second-order valence-corrected chi connectivity index (χ2v) is 4.21. The molecule has 2 unspecified atom stereocenters. The monoisotopic (exact) mass is 228 g/mol. The average molecular weight is 228 g/mol. The number of nitrogens with zero attached hydrogens (tertiary/aromatic N) is 2. The fourth-order valence-electron chi connectivity index (χ4n) is 1.80. The number of nitrogens with one attached hydrogen (secondary N) is 1. The average Bonchev–Trinajstić information content (AvgIpc) is 3.04. The number of nitrogens with two attached hydrogens (primary N) is 1. The normalized spacial score (nSPS) is 22.4. The maximum Gasteiger partial charge on any atom is 0.253 e. The quantitative estimate of drug-likeness (QED) is 0.782. The van der Waals surface area contributed by atoms with Gasteiger partial charge in [-0.2, -0.15) is 0 Å². The Kier molecular flexibility index (Phi) is 2.26. The third-order valence-electron chi connectivity index (χ3n) is 2.90. The molecule has 1 aliphatic rings. The van der Waals surface area contributed by atoms with Crippen molar-refractivity contribution >= 4 is 16.9 Å². The highest BCUT2D eigenvalue weighted by Gasteiger charge is 2.35. The molecular weight excluding hydrogens is 216 g/mol. The van der Waals surface area contributed by atoms with E-state index in [1.165, 1.54) is 0 Å². The van der Waals surface area contributed by atoms with E-state index in [2.05, 4.69) is 15.3 Å². The molecule has 5 heteroatoms. The van der Waals surface area contributed by atoms with Gasteiger partial charge in [0.2, 0.25) is 0 Å². The number of carbonyl (C=O) groups is 1. The third-order valence-corrected chi connectivity index (χ3v) is 2.90. The van der Waals surface area contributed by atoms with Crippen molar-refractivity contribution in [2.45, 2.75) is 18.5 Å². The fraction of sp³-hybridized carbons (Fsp3) is 0.250. The van der Waals surface area contributed by atoms with Gasteiger partial charge in [0.15, 0.2) is 0 Å². The Morgan fingerprint density at radius 3 is 2.88 bits per heavy atom. The van der Waals surface area contributed by atoms with Crippen LogP contribution in [0.2, 0.25) is 0 Å². The molecule has 3 N–H and O–H groups in total. The number of carbonyl (C=O) groups excluding carboxylic acids is 1. The number of para-hydroxylation sites is 1. The summed E-state index contributed by atoms with van der Waals surface area (Å²) in [6.45, 7) is 0. The first-order valence-corrected chi connectivity index (χ1v) is 5.52. The summed E-state index contributed by atoms with van der Waals surface area (Å²) in [5.41, 5.74) is 7.56. The maximum atomic E-state index is 12.0. The van der Waals surface area contributed by atoms with Crippen LogP contribution in [0, 0.1) is 0 Å². The van der Waals surface area contributed by atoms with Crippen LogP contribution < -0.4 is 11.1 Å². The van der Waals surface area contributed by atoms with E-state index in [1.54, 1.807) is 24.5 Å². The Bertz CT molecular complexity index is 578. The number of fused-ring (bicyclic) bond motifs is 1. The van der Waals surface area contributed by atoms with Gasteiger partial charge in [0.05, 0.1) is 11.1 Å². The number of rotatable bonds is 2. The van der Waals surface area contributed by atoms with E-state index in [0.29, 0.717) is 11.1 Å². The summed E-state index contributed by atoms with van der Waals surface area (Å²) in [5, 5.41) is 2.88. The fourth-order valence-corrected chi connectivity index (χ4v) is 1.80. The lowest BCUT2D eigenvalue weighted by Crippen LogP contribution is -2.29. The highest BCUT2D eigenvalue weighted by atomic mass is 16.1. The van der Waals surface area contributed by atoms with Gasteiger partial charge in [-0.3, -0.25) is 14.8 Å². The van der Waals surface area contributed by atoms with Gasteiger partial charge in [0, 0.05) is 24.5 Å². The predicted molar refractivity (Wildman–Crippen MR) is 63.4 cm³/mol. The van der Waals surface area contributed by atoms with Gasteiger partial charge in [-0.25, -0.2) is 0 Å². The minimum atomic E-state index is -0.131. The minimum Gasteiger partial charge on any atom is -0.348 e. The molecule has 1 aliphatic carbocycles. The zero-order valence-electron chi connectivity index (χ0n) is 9.13.